The van der Waals surface area contributed by atoms with E-state index in [9.17, 15) is 4.79 Å². The van der Waals surface area contributed by atoms with Crippen molar-refractivity contribution in [2.75, 3.05) is 44.2 Å². The van der Waals surface area contributed by atoms with Crippen LogP contribution in [0.3, 0.4) is 0 Å². The number of likely N-dealkylation sites (tertiary alicyclic amines) is 1. The summed E-state index contributed by atoms with van der Waals surface area (Å²) < 4.78 is 0. The number of urea groups is 1. The first kappa shape index (κ1) is 11.8. The molecule has 6 heteroatoms. The molecule has 1 aromatic rings. The van der Waals surface area contributed by atoms with E-state index in [1.807, 2.05) is 21.4 Å². The van der Waals surface area contributed by atoms with Gasteiger partial charge in [-0.25, -0.2) is 9.78 Å². The highest BCUT2D eigenvalue weighted by molar-refractivity contribution is 7.13. The van der Waals surface area contributed by atoms with Gasteiger partial charge in [-0.3, -0.25) is 0 Å². The van der Waals surface area contributed by atoms with Crippen LogP contribution in [0, 0.1) is 0 Å². The Morgan fingerprint density at radius 2 is 1.72 bits per heavy atom. The van der Waals surface area contributed by atoms with Crippen molar-refractivity contribution in [3.63, 3.8) is 0 Å². The summed E-state index contributed by atoms with van der Waals surface area (Å²) in [7, 11) is 0. The first-order chi connectivity index (χ1) is 8.84. The second-order valence-corrected chi connectivity index (χ2v) is 5.64. The lowest BCUT2D eigenvalue weighted by Crippen LogP contribution is -2.52. The lowest BCUT2D eigenvalue weighted by atomic mass is 10.3. The molecule has 0 aliphatic carbocycles. The van der Waals surface area contributed by atoms with Crippen LogP contribution in [0.4, 0.5) is 9.93 Å². The minimum Gasteiger partial charge on any atom is -0.345 e. The second-order valence-electron chi connectivity index (χ2n) is 4.77. The molecule has 2 fully saturated rings. The molecule has 1 aromatic heterocycles. The Morgan fingerprint density at radius 3 is 2.33 bits per heavy atom. The predicted octanol–water partition coefficient (Wildman–Crippen LogP) is 1.48. The molecule has 0 bridgehead atoms. The van der Waals surface area contributed by atoms with Crippen LogP contribution in [0.2, 0.25) is 0 Å². The van der Waals surface area contributed by atoms with Gasteiger partial charge >= 0.3 is 6.03 Å². The van der Waals surface area contributed by atoms with Gasteiger partial charge in [0.25, 0.3) is 0 Å². The molecule has 0 aromatic carbocycles. The molecule has 18 heavy (non-hydrogen) atoms. The summed E-state index contributed by atoms with van der Waals surface area (Å²) in [4.78, 5) is 22.8. The molecule has 2 amide bonds. The zero-order valence-corrected chi connectivity index (χ0v) is 11.2. The topological polar surface area (TPSA) is 39.7 Å². The molecule has 2 aliphatic heterocycles. The SMILES string of the molecule is O=C(N1CCCC1)N1CCN(c2nccs2)CC1. The number of nitrogens with zero attached hydrogens (tertiary/aromatic N) is 4. The lowest BCUT2D eigenvalue weighted by molar-refractivity contribution is 0.159. The molecule has 0 N–H and O–H groups in total. The largest absolute Gasteiger partial charge is 0.345 e. The van der Waals surface area contributed by atoms with Crippen LogP contribution in [-0.4, -0.2) is 60.1 Å². The number of thiazole rings is 1. The molecule has 5 nitrogen and oxygen atoms in total. The number of aromatic nitrogens is 1. The third-order valence-electron chi connectivity index (χ3n) is 3.62. The summed E-state index contributed by atoms with van der Waals surface area (Å²) in [5.41, 5.74) is 0. The van der Waals surface area contributed by atoms with E-state index in [1.54, 1.807) is 11.3 Å². The Labute approximate surface area is 111 Å². The van der Waals surface area contributed by atoms with Gasteiger partial charge in [0.05, 0.1) is 0 Å². The summed E-state index contributed by atoms with van der Waals surface area (Å²) in [6, 6.07) is 0.228. The average molecular weight is 266 g/mol. The van der Waals surface area contributed by atoms with Gasteiger partial charge in [-0.1, -0.05) is 0 Å². The number of carbonyl (C=O) groups is 1. The van der Waals surface area contributed by atoms with Crippen molar-refractivity contribution in [3.8, 4) is 0 Å². The Bertz CT molecular complexity index is 394. The van der Waals surface area contributed by atoms with E-state index in [-0.39, 0.29) is 6.03 Å². The van der Waals surface area contributed by atoms with Crippen LogP contribution in [0.5, 0.6) is 0 Å². The Hall–Kier alpha value is -1.30. The molecule has 0 unspecified atom stereocenters. The Morgan fingerprint density at radius 1 is 1.06 bits per heavy atom. The fraction of sp³-hybridized carbons (Fsp3) is 0.667. The molecule has 98 valence electrons. The van der Waals surface area contributed by atoms with Crippen LogP contribution < -0.4 is 4.90 Å². The van der Waals surface area contributed by atoms with Gasteiger partial charge in [0.1, 0.15) is 0 Å². The van der Waals surface area contributed by atoms with E-state index < -0.39 is 0 Å². The molecule has 3 heterocycles. The molecule has 2 saturated heterocycles. The second kappa shape index (κ2) is 5.14. The van der Waals surface area contributed by atoms with E-state index in [1.165, 1.54) is 0 Å². The van der Waals surface area contributed by atoms with E-state index in [0.29, 0.717) is 0 Å². The van der Waals surface area contributed by atoms with Crippen LogP contribution in [0.25, 0.3) is 0 Å². The highest BCUT2D eigenvalue weighted by Gasteiger charge is 2.27. The summed E-state index contributed by atoms with van der Waals surface area (Å²) in [6.45, 7) is 5.29. The molecular weight excluding hydrogens is 248 g/mol. The summed E-state index contributed by atoms with van der Waals surface area (Å²) in [5.74, 6) is 0. The smallest absolute Gasteiger partial charge is 0.320 e. The van der Waals surface area contributed by atoms with Crippen LogP contribution in [0.1, 0.15) is 12.8 Å². The molecule has 2 aliphatic rings. The third kappa shape index (κ3) is 2.29. The first-order valence-electron chi connectivity index (χ1n) is 6.53. The number of hydrogen-bond acceptors (Lipinski definition) is 4. The zero-order valence-electron chi connectivity index (χ0n) is 10.4. The monoisotopic (exact) mass is 266 g/mol. The molecular formula is C12H18N4OS. The summed E-state index contributed by atoms with van der Waals surface area (Å²) in [5, 5.41) is 3.07. The van der Waals surface area contributed by atoms with Gasteiger partial charge in [-0.15, -0.1) is 11.3 Å². The van der Waals surface area contributed by atoms with Crippen molar-refractivity contribution in [2.24, 2.45) is 0 Å². The quantitative estimate of drug-likeness (QED) is 0.773. The number of piperazine rings is 1. The highest BCUT2D eigenvalue weighted by Crippen LogP contribution is 2.20. The number of amides is 2. The molecule has 0 spiro atoms. The minimum atomic E-state index is 0.228. The lowest BCUT2D eigenvalue weighted by Gasteiger charge is -2.36. The van der Waals surface area contributed by atoms with E-state index in [2.05, 4.69) is 9.88 Å². The van der Waals surface area contributed by atoms with Gasteiger partial charge < -0.3 is 14.7 Å². The van der Waals surface area contributed by atoms with E-state index >= 15 is 0 Å². The fourth-order valence-electron chi connectivity index (χ4n) is 2.57. The average Bonchev–Trinajstić information content (AvgIpc) is 3.11. The van der Waals surface area contributed by atoms with Gasteiger partial charge in [0, 0.05) is 50.8 Å². The fourth-order valence-corrected chi connectivity index (χ4v) is 3.27. The van der Waals surface area contributed by atoms with Gasteiger partial charge in [0.2, 0.25) is 0 Å². The van der Waals surface area contributed by atoms with Crippen LogP contribution >= 0.6 is 11.3 Å². The predicted molar refractivity (Wildman–Crippen MR) is 72.1 cm³/mol. The first-order valence-corrected chi connectivity index (χ1v) is 7.41. The maximum atomic E-state index is 12.2. The third-order valence-corrected chi connectivity index (χ3v) is 4.45. The zero-order chi connectivity index (χ0) is 12.4. The van der Waals surface area contributed by atoms with Crippen molar-refractivity contribution in [3.05, 3.63) is 11.6 Å². The van der Waals surface area contributed by atoms with Crippen LogP contribution in [0.15, 0.2) is 11.6 Å². The van der Waals surface area contributed by atoms with Crippen molar-refractivity contribution in [1.82, 2.24) is 14.8 Å². The number of anilines is 1. The summed E-state index contributed by atoms with van der Waals surface area (Å²) >= 11 is 1.67. The van der Waals surface area contributed by atoms with Crippen molar-refractivity contribution in [1.29, 1.82) is 0 Å². The standard InChI is InChI=1S/C12H18N4OS/c17-12(15-4-1-2-5-15)16-8-6-14(7-9-16)11-13-3-10-18-11/h3,10H,1-2,4-9H2. The van der Waals surface area contributed by atoms with Gasteiger partial charge in [0.15, 0.2) is 5.13 Å². The van der Waals surface area contributed by atoms with Crippen molar-refractivity contribution in [2.45, 2.75) is 12.8 Å². The van der Waals surface area contributed by atoms with Gasteiger partial charge in [-0.2, -0.15) is 0 Å². The van der Waals surface area contributed by atoms with Crippen molar-refractivity contribution >= 4 is 22.5 Å². The number of hydrogen-bond donors (Lipinski definition) is 0. The highest BCUT2D eigenvalue weighted by atomic mass is 32.1. The molecule has 0 radical (unpaired) electrons. The van der Waals surface area contributed by atoms with E-state index in [0.717, 1.165) is 57.2 Å². The Kier molecular flexibility index (Phi) is 3.36. The Balaban J connectivity index is 1.55. The number of rotatable bonds is 1. The molecule has 0 atom stereocenters. The summed E-state index contributed by atoms with van der Waals surface area (Å²) in [6.07, 6.45) is 4.15. The minimum absolute atomic E-state index is 0.228. The maximum absolute atomic E-state index is 12.2. The normalized spacial score (nSPS) is 20.6. The van der Waals surface area contributed by atoms with Crippen LogP contribution in [-0.2, 0) is 0 Å². The van der Waals surface area contributed by atoms with Gasteiger partial charge in [-0.05, 0) is 12.8 Å². The maximum Gasteiger partial charge on any atom is 0.320 e. The van der Waals surface area contributed by atoms with Crippen molar-refractivity contribution < 1.29 is 4.79 Å². The molecule has 0 saturated carbocycles. The number of carbonyl (C=O) groups excluding carboxylic acids is 1. The van der Waals surface area contributed by atoms with E-state index in [4.69, 9.17) is 0 Å². The molecule has 3 rings (SSSR count).